The molecule has 0 aliphatic carbocycles. The number of hydrogen-bond donors (Lipinski definition) is 1. The van der Waals surface area contributed by atoms with Crippen molar-refractivity contribution in [1.29, 1.82) is 0 Å². The molecular formula is C16H14N4O3S. The lowest BCUT2D eigenvalue weighted by Crippen LogP contribution is -2.24. The van der Waals surface area contributed by atoms with Crippen LogP contribution in [0.1, 0.15) is 24.4 Å². The number of carboxylic acids is 1. The topological polar surface area (TPSA) is 98.0 Å². The van der Waals surface area contributed by atoms with Crippen LogP contribution in [0.25, 0.3) is 23.1 Å². The summed E-state index contributed by atoms with van der Waals surface area (Å²) in [6.07, 6.45) is 3.78. The maximum atomic E-state index is 12.7. The summed E-state index contributed by atoms with van der Waals surface area (Å²) in [5, 5.41) is 15.0. The van der Waals surface area contributed by atoms with Gasteiger partial charge in [0, 0.05) is 18.3 Å². The maximum absolute atomic E-state index is 12.7. The summed E-state index contributed by atoms with van der Waals surface area (Å²) in [6.45, 7) is 0.290. The van der Waals surface area contributed by atoms with Crippen LogP contribution >= 0.6 is 11.5 Å². The van der Waals surface area contributed by atoms with E-state index in [-0.39, 0.29) is 18.5 Å². The summed E-state index contributed by atoms with van der Waals surface area (Å²) in [5.41, 5.74) is 1.11. The van der Waals surface area contributed by atoms with Gasteiger partial charge in [-0.05, 0) is 42.2 Å². The van der Waals surface area contributed by atoms with Crippen molar-refractivity contribution >= 4 is 40.6 Å². The Morgan fingerprint density at radius 1 is 1.29 bits per heavy atom. The molecule has 0 saturated carbocycles. The third-order valence-electron chi connectivity index (χ3n) is 3.44. The van der Waals surface area contributed by atoms with E-state index in [1.165, 1.54) is 16.1 Å². The first kappa shape index (κ1) is 16.0. The Balaban J connectivity index is 2.03. The molecule has 0 saturated heterocycles. The second-order valence-electron chi connectivity index (χ2n) is 5.10. The maximum Gasteiger partial charge on any atom is 0.303 e. The van der Waals surface area contributed by atoms with Crippen molar-refractivity contribution in [2.45, 2.75) is 19.4 Å². The number of aliphatic carboxylic acids is 1. The van der Waals surface area contributed by atoms with Crippen molar-refractivity contribution in [2.24, 2.45) is 0 Å². The molecule has 0 amide bonds. The Morgan fingerprint density at radius 3 is 2.88 bits per heavy atom. The van der Waals surface area contributed by atoms with E-state index in [4.69, 9.17) is 5.11 Å². The molecule has 0 radical (unpaired) electrons. The Labute approximate surface area is 141 Å². The fourth-order valence-corrected chi connectivity index (χ4v) is 2.74. The predicted octanol–water partition coefficient (Wildman–Crippen LogP) is 2.28. The average Bonchev–Trinajstić information content (AvgIpc) is 3.08. The highest BCUT2D eigenvalue weighted by Crippen LogP contribution is 2.11. The third-order valence-corrected chi connectivity index (χ3v) is 3.97. The summed E-state index contributed by atoms with van der Waals surface area (Å²) in [6, 6.07) is 7.10. The van der Waals surface area contributed by atoms with E-state index in [1.54, 1.807) is 35.7 Å². The van der Waals surface area contributed by atoms with Gasteiger partial charge in [-0.2, -0.15) is 0 Å². The lowest BCUT2D eigenvalue weighted by Gasteiger charge is -2.10. The number of nitrogens with zero attached hydrogens (tertiary/aromatic N) is 4. The molecule has 2 aromatic heterocycles. The zero-order valence-corrected chi connectivity index (χ0v) is 13.4. The number of hydrogen-bond acceptors (Lipinski definition) is 6. The monoisotopic (exact) mass is 342 g/mol. The third kappa shape index (κ3) is 3.54. The van der Waals surface area contributed by atoms with Gasteiger partial charge in [-0.15, -0.1) is 5.10 Å². The molecule has 0 aliphatic rings. The lowest BCUT2D eigenvalue weighted by molar-refractivity contribution is -0.137. The van der Waals surface area contributed by atoms with Crippen LogP contribution in [0.15, 0.2) is 34.4 Å². The van der Waals surface area contributed by atoms with Crippen molar-refractivity contribution in [3.05, 3.63) is 51.5 Å². The minimum Gasteiger partial charge on any atom is -0.481 e. The molecule has 7 nitrogen and oxygen atoms in total. The molecule has 122 valence electrons. The van der Waals surface area contributed by atoms with Gasteiger partial charge in [0.25, 0.3) is 5.56 Å². The van der Waals surface area contributed by atoms with Gasteiger partial charge in [-0.3, -0.25) is 14.2 Å². The van der Waals surface area contributed by atoms with E-state index in [0.717, 1.165) is 0 Å². The quantitative estimate of drug-likeness (QED) is 0.738. The second-order valence-corrected chi connectivity index (χ2v) is 5.71. The van der Waals surface area contributed by atoms with Crippen molar-refractivity contribution in [1.82, 2.24) is 19.1 Å². The second kappa shape index (κ2) is 7.14. The zero-order valence-electron chi connectivity index (χ0n) is 12.6. The summed E-state index contributed by atoms with van der Waals surface area (Å²) < 4.78 is 5.28. The Bertz CT molecular complexity index is 948. The van der Waals surface area contributed by atoms with Crippen molar-refractivity contribution < 1.29 is 9.90 Å². The Hall–Kier alpha value is -2.87. The molecule has 0 fully saturated rings. The number of carboxylic acid groups (broad SMARTS) is 1. The molecule has 0 bridgehead atoms. The van der Waals surface area contributed by atoms with Crippen LogP contribution in [0, 0.1) is 0 Å². The first-order valence-electron chi connectivity index (χ1n) is 7.31. The van der Waals surface area contributed by atoms with E-state index in [9.17, 15) is 9.59 Å². The van der Waals surface area contributed by atoms with Gasteiger partial charge in [0.2, 0.25) is 0 Å². The summed E-state index contributed by atoms with van der Waals surface area (Å²) >= 11 is 1.24. The standard InChI is InChI=1S/C16H14N4O3S/c21-15(22)6-3-9-20-14(8-7-11-10-24-19-18-11)17-13-5-2-1-4-12(13)16(20)23/h1-2,4-5,7-8,10H,3,6,9H2,(H,21,22)/b8-7+. The van der Waals surface area contributed by atoms with Gasteiger partial charge in [-0.1, -0.05) is 16.6 Å². The molecule has 0 spiro atoms. The highest BCUT2D eigenvalue weighted by Gasteiger charge is 2.09. The predicted molar refractivity (Wildman–Crippen MR) is 91.7 cm³/mol. The van der Waals surface area contributed by atoms with Gasteiger partial charge in [0.15, 0.2) is 0 Å². The molecule has 24 heavy (non-hydrogen) atoms. The molecular weight excluding hydrogens is 328 g/mol. The van der Waals surface area contributed by atoms with Crippen LogP contribution in [0.5, 0.6) is 0 Å². The van der Waals surface area contributed by atoms with Crippen LogP contribution in [-0.4, -0.2) is 30.2 Å². The highest BCUT2D eigenvalue weighted by molar-refractivity contribution is 7.03. The number of rotatable bonds is 6. The summed E-state index contributed by atoms with van der Waals surface area (Å²) in [5.74, 6) is -0.417. The summed E-state index contributed by atoms with van der Waals surface area (Å²) in [7, 11) is 0. The van der Waals surface area contributed by atoms with Gasteiger partial charge >= 0.3 is 5.97 Å². The average molecular weight is 342 g/mol. The fraction of sp³-hybridized carbons (Fsp3) is 0.188. The van der Waals surface area contributed by atoms with E-state index >= 15 is 0 Å². The number of benzene rings is 1. The largest absolute Gasteiger partial charge is 0.481 e. The smallest absolute Gasteiger partial charge is 0.303 e. The number of carbonyl (C=O) groups is 1. The van der Waals surface area contributed by atoms with Crippen molar-refractivity contribution in [3.8, 4) is 0 Å². The Kier molecular flexibility index (Phi) is 4.76. The lowest BCUT2D eigenvalue weighted by atomic mass is 10.2. The Morgan fingerprint density at radius 2 is 2.12 bits per heavy atom. The zero-order chi connectivity index (χ0) is 16.9. The van der Waals surface area contributed by atoms with E-state index in [1.807, 2.05) is 6.07 Å². The molecule has 0 aliphatic heterocycles. The molecule has 0 unspecified atom stereocenters. The van der Waals surface area contributed by atoms with Crippen LogP contribution in [0.2, 0.25) is 0 Å². The SMILES string of the molecule is O=C(O)CCCn1c(/C=C/c2csnn2)nc2ccccc2c1=O. The number of aromatic nitrogens is 4. The number of fused-ring (bicyclic) bond motifs is 1. The van der Waals surface area contributed by atoms with Crippen LogP contribution in [0.3, 0.4) is 0 Å². The molecule has 1 N–H and O–H groups in total. The van der Waals surface area contributed by atoms with Crippen molar-refractivity contribution in [2.75, 3.05) is 0 Å². The minimum atomic E-state index is -0.887. The highest BCUT2D eigenvalue weighted by atomic mass is 32.1. The van der Waals surface area contributed by atoms with Crippen LogP contribution in [-0.2, 0) is 11.3 Å². The van der Waals surface area contributed by atoms with E-state index in [2.05, 4.69) is 14.6 Å². The van der Waals surface area contributed by atoms with Gasteiger partial charge in [-0.25, -0.2) is 4.98 Å². The normalized spacial score (nSPS) is 11.3. The molecule has 3 rings (SSSR count). The van der Waals surface area contributed by atoms with Gasteiger partial charge in [0.05, 0.1) is 16.6 Å². The molecule has 3 aromatic rings. The van der Waals surface area contributed by atoms with Crippen LogP contribution < -0.4 is 5.56 Å². The van der Waals surface area contributed by atoms with E-state index < -0.39 is 5.97 Å². The molecule has 0 atom stereocenters. The van der Waals surface area contributed by atoms with Gasteiger partial charge in [0.1, 0.15) is 5.82 Å². The first-order valence-corrected chi connectivity index (χ1v) is 8.15. The fourth-order valence-electron chi connectivity index (χ4n) is 2.32. The molecule has 1 aromatic carbocycles. The number of para-hydroxylation sites is 1. The minimum absolute atomic E-state index is 0.00156. The first-order chi connectivity index (χ1) is 11.6. The summed E-state index contributed by atoms with van der Waals surface area (Å²) in [4.78, 5) is 27.9. The van der Waals surface area contributed by atoms with Crippen molar-refractivity contribution in [3.63, 3.8) is 0 Å². The van der Waals surface area contributed by atoms with E-state index in [0.29, 0.717) is 28.8 Å². The van der Waals surface area contributed by atoms with Gasteiger partial charge < -0.3 is 5.11 Å². The molecule has 2 heterocycles. The molecule has 8 heteroatoms. The van der Waals surface area contributed by atoms with Crippen LogP contribution in [0.4, 0.5) is 0 Å².